The summed E-state index contributed by atoms with van der Waals surface area (Å²) in [6.45, 7) is 3.91. The molecule has 0 fully saturated rings. The Labute approximate surface area is 107 Å². The molecule has 0 aliphatic heterocycles. The Hall–Kier alpha value is -0.280. The Morgan fingerprint density at radius 1 is 1.38 bits per heavy atom. The van der Waals surface area contributed by atoms with Crippen LogP contribution in [0.4, 0.5) is 0 Å². The molecular formula is C12H17Cl2NO. The number of methoxy groups -OCH3 is 1. The lowest BCUT2D eigenvalue weighted by atomic mass is 9.93. The molecule has 0 bridgehead atoms. The molecule has 1 aromatic rings. The van der Waals surface area contributed by atoms with Gasteiger partial charge in [-0.3, -0.25) is 0 Å². The van der Waals surface area contributed by atoms with Crippen LogP contribution in [0.2, 0.25) is 10.0 Å². The summed E-state index contributed by atoms with van der Waals surface area (Å²) in [6, 6.07) is 5.26. The van der Waals surface area contributed by atoms with Crippen molar-refractivity contribution in [1.29, 1.82) is 0 Å². The van der Waals surface area contributed by atoms with Crippen LogP contribution in [0, 0.1) is 0 Å². The standard InChI is InChI=1S/C12H17Cl2NO/c1-12(2,16-3)11(15)7-8-6-9(13)4-5-10(8)14/h4-6,11H,7,15H2,1-3H3. The molecule has 0 spiro atoms. The second-order valence-corrected chi connectivity index (χ2v) is 5.20. The first-order chi connectivity index (χ1) is 7.36. The molecule has 16 heavy (non-hydrogen) atoms. The van der Waals surface area contributed by atoms with Crippen molar-refractivity contribution in [1.82, 2.24) is 0 Å². The Morgan fingerprint density at radius 2 is 2.00 bits per heavy atom. The molecule has 0 heterocycles. The van der Waals surface area contributed by atoms with Gasteiger partial charge in [0.2, 0.25) is 0 Å². The Bertz CT molecular complexity index is 366. The molecule has 1 aromatic carbocycles. The van der Waals surface area contributed by atoms with Gasteiger partial charge in [0.05, 0.1) is 5.60 Å². The SMILES string of the molecule is COC(C)(C)C(N)Cc1cc(Cl)ccc1Cl. The van der Waals surface area contributed by atoms with E-state index in [9.17, 15) is 0 Å². The Kier molecular flexibility index (Phi) is 4.62. The summed E-state index contributed by atoms with van der Waals surface area (Å²) in [5.74, 6) is 0. The van der Waals surface area contributed by atoms with Crippen LogP contribution in [0.15, 0.2) is 18.2 Å². The fraction of sp³-hybridized carbons (Fsp3) is 0.500. The lowest BCUT2D eigenvalue weighted by molar-refractivity contribution is 0.000812. The summed E-state index contributed by atoms with van der Waals surface area (Å²) in [6.07, 6.45) is 0.639. The van der Waals surface area contributed by atoms with Gasteiger partial charge in [-0.25, -0.2) is 0 Å². The average molecular weight is 262 g/mol. The van der Waals surface area contributed by atoms with E-state index in [1.807, 2.05) is 19.9 Å². The van der Waals surface area contributed by atoms with Crippen LogP contribution in [-0.4, -0.2) is 18.8 Å². The smallest absolute Gasteiger partial charge is 0.0776 e. The molecule has 1 rings (SSSR count). The van der Waals surface area contributed by atoms with Crippen molar-refractivity contribution in [3.05, 3.63) is 33.8 Å². The van der Waals surface area contributed by atoms with Gasteiger partial charge in [0.15, 0.2) is 0 Å². The van der Waals surface area contributed by atoms with E-state index in [1.54, 1.807) is 19.2 Å². The maximum absolute atomic E-state index is 6.09. The maximum atomic E-state index is 6.09. The maximum Gasteiger partial charge on any atom is 0.0776 e. The predicted molar refractivity (Wildman–Crippen MR) is 69.2 cm³/mol. The van der Waals surface area contributed by atoms with Gasteiger partial charge in [-0.2, -0.15) is 0 Å². The third-order valence-corrected chi connectivity index (χ3v) is 3.47. The van der Waals surface area contributed by atoms with E-state index in [2.05, 4.69) is 0 Å². The summed E-state index contributed by atoms with van der Waals surface area (Å²) in [5.41, 5.74) is 6.65. The fourth-order valence-electron chi connectivity index (χ4n) is 1.33. The topological polar surface area (TPSA) is 35.2 Å². The minimum Gasteiger partial charge on any atom is -0.377 e. The molecule has 4 heteroatoms. The monoisotopic (exact) mass is 261 g/mol. The van der Waals surface area contributed by atoms with E-state index in [0.717, 1.165) is 5.56 Å². The molecule has 0 amide bonds. The quantitative estimate of drug-likeness (QED) is 0.903. The normalized spacial score (nSPS) is 13.9. The van der Waals surface area contributed by atoms with Crippen LogP contribution in [0.1, 0.15) is 19.4 Å². The van der Waals surface area contributed by atoms with Crippen molar-refractivity contribution in [2.24, 2.45) is 5.73 Å². The molecule has 2 N–H and O–H groups in total. The highest BCUT2D eigenvalue weighted by Crippen LogP contribution is 2.24. The van der Waals surface area contributed by atoms with E-state index in [4.69, 9.17) is 33.7 Å². The third-order valence-electron chi connectivity index (χ3n) is 2.87. The van der Waals surface area contributed by atoms with E-state index in [0.29, 0.717) is 16.5 Å². The van der Waals surface area contributed by atoms with Crippen LogP contribution in [0.5, 0.6) is 0 Å². The van der Waals surface area contributed by atoms with Gasteiger partial charge < -0.3 is 10.5 Å². The molecule has 0 radical (unpaired) electrons. The number of nitrogens with two attached hydrogens (primary N) is 1. The second-order valence-electron chi connectivity index (χ2n) is 4.35. The van der Waals surface area contributed by atoms with Gasteiger partial charge in [-0.05, 0) is 44.0 Å². The van der Waals surface area contributed by atoms with Gasteiger partial charge in [0, 0.05) is 23.2 Å². The van der Waals surface area contributed by atoms with E-state index in [-0.39, 0.29) is 11.6 Å². The van der Waals surface area contributed by atoms with Crippen molar-refractivity contribution in [2.75, 3.05) is 7.11 Å². The van der Waals surface area contributed by atoms with E-state index < -0.39 is 0 Å². The van der Waals surface area contributed by atoms with Gasteiger partial charge in [-0.15, -0.1) is 0 Å². The zero-order valence-electron chi connectivity index (χ0n) is 9.76. The molecule has 0 aliphatic rings. The largest absolute Gasteiger partial charge is 0.377 e. The van der Waals surface area contributed by atoms with Crippen LogP contribution >= 0.6 is 23.2 Å². The van der Waals surface area contributed by atoms with Crippen LogP contribution in [0.25, 0.3) is 0 Å². The van der Waals surface area contributed by atoms with Gasteiger partial charge in [0.25, 0.3) is 0 Å². The molecule has 90 valence electrons. The van der Waals surface area contributed by atoms with Crippen LogP contribution < -0.4 is 5.73 Å². The van der Waals surface area contributed by atoms with Crippen molar-refractivity contribution in [2.45, 2.75) is 31.9 Å². The van der Waals surface area contributed by atoms with E-state index >= 15 is 0 Å². The summed E-state index contributed by atoms with van der Waals surface area (Å²) in [5, 5.41) is 1.36. The van der Waals surface area contributed by atoms with E-state index in [1.165, 1.54) is 0 Å². The van der Waals surface area contributed by atoms with Gasteiger partial charge >= 0.3 is 0 Å². The summed E-state index contributed by atoms with van der Waals surface area (Å²) in [4.78, 5) is 0. The molecule has 1 atom stereocenters. The first kappa shape index (κ1) is 13.8. The first-order valence-electron chi connectivity index (χ1n) is 5.11. The molecule has 2 nitrogen and oxygen atoms in total. The number of hydrogen-bond donors (Lipinski definition) is 1. The van der Waals surface area contributed by atoms with Crippen LogP contribution in [0.3, 0.4) is 0 Å². The number of halogens is 2. The zero-order chi connectivity index (χ0) is 12.3. The minimum absolute atomic E-state index is 0.131. The van der Waals surface area contributed by atoms with Crippen molar-refractivity contribution < 1.29 is 4.74 Å². The predicted octanol–water partition coefficient (Wildman–Crippen LogP) is 3.29. The van der Waals surface area contributed by atoms with Crippen molar-refractivity contribution >= 4 is 23.2 Å². The third kappa shape index (κ3) is 3.36. The number of rotatable bonds is 4. The van der Waals surface area contributed by atoms with Gasteiger partial charge in [-0.1, -0.05) is 23.2 Å². The molecule has 0 aromatic heterocycles. The first-order valence-corrected chi connectivity index (χ1v) is 5.87. The molecule has 0 saturated heterocycles. The second kappa shape index (κ2) is 5.37. The fourth-order valence-corrected chi connectivity index (χ4v) is 1.72. The number of benzene rings is 1. The Morgan fingerprint density at radius 3 is 2.56 bits per heavy atom. The summed E-state index contributed by atoms with van der Waals surface area (Å²) < 4.78 is 5.34. The Balaban J connectivity index is 2.84. The molecular weight excluding hydrogens is 245 g/mol. The lowest BCUT2D eigenvalue weighted by Crippen LogP contribution is -2.46. The average Bonchev–Trinajstić information content (AvgIpc) is 2.23. The lowest BCUT2D eigenvalue weighted by Gasteiger charge is -2.30. The zero-order valence-corrected chi connectivity index (χ0v) is 11.3. The number of ether oxygens (including phenoxy) is 1. The van der Waals surface area contributed by atoms with Crippen LogP contribution in [-0.2, 0) is 11.2 Å². The van der Waals surface area contributed by atoms with Crippen molar-refractivity contribution in [3.8, 4) is 0 Å². The highest BCUT2D eigenvalue weighted by Gasteiger charge is 2.26. The highest BCUT2D eigenvalue weighted by atomic mass is 35.5. The molecule has 0 aliphatic carbocycles. The van der Waals surface area contributed by atoms with Crippen molar-refractivity contribution in [3.63, 3.8) is 0 Å². The minimum atomic E-state index is -0.383. The van der Waals surface area contributed by atoms with Gasteiger partial charge in [0.1, 0.15) is 0 Å². The number of hydrogen-bond acceptors (Lipinski definition) is 2. The summed E-state index contributed by atoms with van der Waals surface area (Å²) >= 11 is 12.0. The molecule has 1 unspecified atom stereocenters. The summed E-state index contributed by atoms with van der Waals surface area (Å²) in [7, 11) is 1.65. The highest BCUT2D eigenvalue weighted by molar-refractivity contribution is 6.33. The molecule has 0 saturated carbocycles.